The number of hydrogen-bond donors (Lipinski definition) is 4. The van der Waals surface area contributed by atoms with Crippen LogP contribution >= 0.6 is 23.5 Å². The van der Waals surface area contributed by atoms with Crippen molar-refractivity contribution in [2.24, 2.45) is 5.16 Å². The standard InChI is InChI=1S/C32H29N7O5S2/c1-45-18-20-19-46-30-26(29(41)38(30)27(20)31(42)43)34-28(40)25(36-44)24-17-33-39(35-24)37-32(21-11-5-2-6-12-21,22-13-7-3-8-14-22)23-15-9-4-10-16-23/h2-17,26,30,37,44H,18-19H2,1H3,(H,34,40)(H,42,43)/t26?,30-/m1/s1. The van der Waals surface area contributed by atoms with Crippen molar-refractivity contribution < 1.29 is 24.7 Å². The quantitative estimate of drug-likeness (QED) is 0.0621. The first kappa shape index (κ1) is 30.9. The summed E-state index contributed by atoms with van der Waals surface area (Å²) in [4.78, 5) is 40.8. The van der Waals surface area contributed by atoms with Crippen molar-refractivity contribution in [1.29, 1.82) is 0 Å². The van der Waals surface area contributed by atoms with Crippen LogP contribution in [0.15, 0.2) is 114 Å². The highest BCUT2D eigenvalue weighted by molar-refractivity contribution is 8.00. The number of rotatable bonds is 11. The number of hydrogen-bond acceptors (Lipinski definition) is 10. The fourth-order valence-electron chi connectivity index (χ4n) is 5.72. The Morgan fingerprint density at radius 3 is 2.07 bits per heavy atom. The van der Waals surface area contributed by atoms with E-state index in [-0.39, 0.29) is 11.4 Å². The Morgan fingerprint density at radius 1 is 1.00 bits per heavy atom. The van der Waals surface area contributed by atoms with Gasteiger partial charge in [0, 0.05) is 11.5 Å². The second-order valence-electron chi connectivity index (χ2n) is 10.5. The first-order valence-electron chi connectivity index (χ1n) is 14.2. The summed E-state index contributed by atoms with van der Waals surface area (Å²) in [7, 11) is 0. The Hall–Kier alpha value is -5.08. The van der Waals surface area contributed by atoms with Crippen molar-refractivity contribution in [3.8, 4) is 0 Å². The number of aromatic nitrogens is 3. The summed E-state index contributed by atoms with van der Waals surface area (Å²) in [6.45, 7) is 0. The topological polar surface area (TPSA) is 162 Å². The van der Waals surface area contributed by atoms with E-state index < -0.39 is 40.4 Å². The summed E-state index contributed by atoms with van der Waals surface area (Å²) in [5.74, 6) is -1.71. The van der Waals surface area contributed by atoms with Crippen LogP contribution in [0.5, 0.6) is 0 Å². The molecule has 1 fully saturated rings. The van der Waals surface area contributed by atoms with Gasteiger partial charge in [-0.15, -0.1) is 22.0 Å². The van der Waals surface area contributed by atoms with Gasteiger partial charge >= 0.3 is 5.97 Å². The lowest BCUT2D eigenvalue weighted by molar-refractivity contribution is -0.150. The second kappa shape index (κ2) is 13.1. The summed E-state index contributed by atoms with van der Waals surface area (Å²) in [5, 5.41) is 33.6. The molecule has 2 atom stereocenters. The number of carboxylic acids is 1. The van der Waals surface area contributed by atoms with Crippen LogP contribution in [0.3, 0.4) is 0 Å². The van der Waals surface area contributed by atoms with E-state index in [1.807, 2.05) is 97.3 Å². The smallest absolute Gasteiger partial charge is 0.352 e. The molecule has 1 aromatic heterocycles. The maximum atomic E-state index is 13.3. The van der Waals surface area contributed by atoms with E-state index in [4.69, 9.17) is 0 Å². The normalized spacial score (nSPS) is 18.1. The van der Waals surface area contributed by atoms with Crippen LogP contribution in [0, 0.1) is 0 Å². The highest BCUT2D eigenvalue weighted by atomic mass is 32.2. The predicted octanol–water partition coefficient (Wildman–Crippen LogP) is 3.09. The number of thioether (sulfide) groups is 2. The Kier molecular flexibility index (Phi) is 8.81. The summed E-state index contributed by atoms with van der Waals surface area (Å²) in [5.41, 5.74) is 5.24. The van der Waals surface area contributed by atoms with Crippen LogP contribution in [0.4, 0.5) is 0 Å². The van der Waals surface area contributed by atoms with Gasteiger partial charge in [-0.3, -0.25) is 19.9 Å². The summed E-state index contributed by atoms with van der Waals surface area (Å²) >= 11 is 2.84. The highest BCUT2D eigenvalue weighted by Crippen LogP contribution is 2.41. The number of nitrogens with zero attached hydrogens (tertiary/aromatic N) is 5. The minimum atomic E-state index is -1.19. The number of aliphatic carboxylic acids is 1. The lowest BCUT2D eigenvalue weighted by Crippen LogP contribution is -2.71. The van der Waals surface area contributed by atoms with Gasteiger partial charge < -0.3 is 15.6 Å². The maximum absolute atomic E-state index is 13.3. The molecule has 14 heteroatoms. The van der Waals surface area contributed by atoms with Crippen LogP contribution in [0.2, 0.25) is 0 Å². The predicted molar refractivity (Wildman–Crippen MR) is 175 cm³/mol. The lowest BCUT2D eigenvalue weighted by Gasteiger charge is -2.49. The van der Waals surface area contributed by atoms with Crippen molar-refractivity contribution in [2.45, 2.75) is 17.0 Å². The van der Waals surface area contributed by atoms with Gasteiger partial charge in [0.2, 0.25) is 0 Å². The fourth-order valence-corrected chi connectivity index (χ4v) is 7.79. The Labute approximate surface area is 272 Å². The molecule has 0 aliphatic carbocycles. The van der Waals surface area contributed by atoms with E-state index in [1.54, 1.807) is 0 Å². The van der Waals surface area contributed by atoms with Gasteiger partial charge in [0.05, 0.1) is 6.20 Å². The molecule has 0 spiro atoms. The molecule has 3 aromatic carbocycles. The molecule has 3 heterocycles. The highest BCUT2D eigenvalue weighted by Gasteiger charge is 2.54. The number of fused-ring (bicyclic) bond motifs is 1. The Bertz CT molecular complexity index is 1720. The third-order valence-electron chi connectivity index (χ3n) is 7.79. The van der Waals surface area contributed by atoms with E-state index in [1.165, 1.54) is 39.5 Å². The summed E-state index contributed by atoms with van der Waals surface area (Å²) in [6.07, 6.45) is 3.13. The number of carbonyl (C=O) groups excluding carboxylic acids is 2. The number of benzene rings is 3. The number of carboxylic acid groups (broad SMARTS) is 1. The summed E-state index contributed by atoms with van der Waals surface area (Å²) < 4.78 is 0. The van der Waals surface area contributed by atoms with Gasteiger partial charge in [0.15, 0.2) is 5.71 Å². The molecule has 1 saturated heterocycles. The number of β-lactam (4-membered cyclic amide) rings is 1. The molecule has 4 aromatic rings. The molecule has 6 rings (SSSR count). The SMILES string of the molecule is CSCC1=C(C(=O)O)N2C(=O)C(NC(=O)C(=NO)c3cnn(NC(c4ccccc4)(c4ccccc4)c4ccccc4)n3)[C@H]2SC1. The molecule has 1 unspecified atom stereocenters. The van der Waals surface area contributed by atoms with Gasteiger partial charge in [-0.2, -0.15) is 11.8 Å². The molecule has 4 N–H and O–H groups in total. The molecular weight excluding hydrogens is 627 g/mol. The molecule has 0 bridgehead atoms. The molecule has 2 aliphatic heterocycles. The molecule has 0 saturated carbocycles. The zero-order chi connectivity index (χ0) is 32.3. The van der Waals surface area contributed by atoms with Crippen molar-refractivity contribution >= 4 is 47.0 Å². The average molecular weight is 656 g/mol. The van der Waals surface area contributed by atoms with Crippen LogP contribution < -0.4 is 10.7 Å². The van der Waals surface area contributed by atoms with E-state index in [2.05, 4.69) is 26.1 Å². The van der Waals surface area contributed by atoms with Crippen molar-refractivity contribution in [1.82, 2.24) is 25.3 Å². The van der Waals surface area contributed by atoms with Crippen LogP contribution in [0.1, 0.15) is 22.4 Å². The average Bonchev–Trinajstić information content (AvgIpc) is 3.55. The number of nitrogens with one attached hydrogen (secondary N) is 2. The number of carbonyl (C=O) groups is 3. The molecule has 2 aliphatic rings. The minimum Gasteiger partial charge on any atom is -0.477 e. The Morgan fingerprint density at radius 2 is 1.57 bits per heavy atom. The van der Waals surface area contributed by atoms with Gasteiger partial charge in [-0.05, 0) is 28.5 Å². The molecule has 2 amide bonds. The fraction of sp³-hybridized carbons (Fsp3) is 0.188. The number of amides is 2. The van der Waals surface area contributed by atoms with Gasteiger partial charge in [-0.1, -0.05) is 101 Å². The third-order valence-corrected chi connectivity index (χ3v) is 9.77. The third kappa shape index (κ3) is 5.49. The molecule has 12 nitrogen and oxygen atoms in total. The maximum Gasteiger partial charge on any atom is 0.352 e. The Balaban J connectivity index is 1.27. The van der Waals surface area contributed by atoms with Crippen LogP contribution in [0.25, 0.3) is 0 Å². The monoisotopic (exact) mass is 655 g/mol. The first-order chi connectivity index (χ1) is 22.4. The molecule has 234 valence electrons. The van der Waals surface area contributed by atoms with Crippen molar-refractivity contribution in [3.63, 3.8) is 0 Å². The molecule has 46 heavy (non-hydrogen) atoms. The van der Waals surface area contributed by atoms with Gasteiger partial charge in [-0.25, -0.2) is 4.79 Å². The second-order valence-corrected chi connectivity index (χ2v) is 12.5. The lowest BCUT2D eigenvalue weighted by atomic mass is 9.77. The van der Waals surface area contributed by atoms with E-state index in [0.717, 1.165) is 16.7 Å². The zero-order valence-corrected chi connectivity index (χ0v) is 26.1. The van der Waals surface area contributed by atoms with E-state index >= 15 is 0 Å². The molecular formula is C32H29N7O5S2. The number of oxime groups is 1. The minimum absolute atomic E-state index is 0.0441. The van der Waals surface area contributed by atoms with Crippen molar-refractivity contribution in [2.75, 3.05) is 23.2 Å². The van der Waals surface area contributed by atoms with Crippen molar-refractivity contribution in [3.05, 3.63) is 131 Å². The van der Waals surface area contributed by atoms with Gasteiger partial charge in [0.25, 0.3) is 11.8 Å². The largest absolute Gasteiger partial charge is 0.477 e. The van der Waals surface area contributed by atoms with Crippen LogP contribution in [-0.2, 0) is 19.9 Å². The molecule has 0 radical (unpaired) electrons. The first-order valence-corrected chi connectivity index (χ1v) is 16.6. The summed E-state index contributed by atoms with van der Waals surface area (Å²) in [6, 6.07) is 28.3. The zero-order valence-electron chi connectivity index (χ0n) is 24.5. The van der Waals surface area contributed by atoms with E-state index in [9.17, 15) is 24.7 Å². The van der Waals surface area contributed by atoms with Crippen LogP contribution in [-0.4, -0.2) is 83.0 Å². The van der Waals surface area contributed by atoms with Gasteiger partial charge in [0.1, 0.15) is 28.3 Å². The van der Waals surface area contributed by atoms with E-state index in [0.29, 0.717) is 17.1 Å².